The number of benzene rings is 2. The van der Waals surface area contributed by atoms with Crippen LogP contribution >= 0.6 is 0 Å². The first-order chi connectivity index (χ1) is 58.0. The van der Waals surface area contributed by atoms with Gasteiger partial charge in [-0.25, -0.2) is 19.2 Å². The molecule has 2 aromatic rings. The fourth-order valence-corrected chi connectivity index (χ4v) is 11.9. The van der Waals surface area contributed by atoms with Gasteiger partial charge < -0.3 is 110 Å². The van der Waals surface area contributed by atoms with Crippen LogP contribution in [0.25, 0.3) is 0 Å². The minimum absolute atomic E-state index is 0.0671. The lowest BCUT2D eigenvalue weighted by atomic mass is 9.90. The van der Waals surface area contributed by atoms with Crippen LogP contribution in [0.3, 0.4) is 0 Å². The number of ketones is 4. The maximum absolute atomic E-state index is 13.1. The molecule has 0 aliphatic rings. The van der Waals surface area contributed by atoms with Gasteiger partial charge in [0.2, 0.25) is 35.4 Å². The number of carbonyl (C=O) groups is 14. The lowest BCUT2D eigenvalue weighted by molar-refractivity contribution is -0.146. The van der Waals surface area contributed by atoms with Crippen LogP contribution in [0.1, 0.15) is 213 Å². The lowest BCUT2D eigenvalue weighted by Gasteiger charge is -2.18. The summed E-state index contributed by atoms with van der Waals surface area (Å²) in [7, 11) is 1.68. The average Bonchev–Trinajstić information content (AvgIpc) is 0.941. The van der Waals surface area contributed by atoms with Crippen LogP contribution in [0.4, 0.5) is 0 Å². The maximum Gasteiger partial charge on any atom is 0.335 e. The Morgan fingerprint density at radius 1 is 0.308 bits per heavy atom. The zero-order valence-corrected chi connectivity index (χ0v) is 69.9. The van der Waals surface area contributed by atoms with Gasteiger partial charge in [-0.15, -0.1) is 0 Å². The van der Waals surface area contributed by atoms with Gasteiger partial charge in [-0.2, -0.15) is 0 Å². The van der Waals surface area contributed by atoms with Gasteiger partial charge in [0.1, 0.15) is 56.4 Å². The van der Waals surface area contributed by atoms with E-state index in [4.69, 9.17) is 57.6 Å². The zero-order chi connectivity index (χ0) is 87.9. The number of unbranched alkanes of at least 4 members (excludes halogenated alkanes) is 14. The monoisotopic (exact) mass is 1700 g/mol. The Bertz CT molecular complexity index is 3240. The normalized spacial score (nSPS) is 12.1. The first kappa shape index (κ1) is 107. The number of carbonyl (C=O) groups excluding carboxylic acids is 10. The molecule has 36 heteroatoms. The summed E-state index contributed by atoms with van der Waals surface area (Å²) in [5.41, 5.74) is 0.398. The average molecular weight is 1710 g/mol. The Hall–Kier alpha value is -8.98. The summed E-state index contributed by atoms with van der Waals surface area (Å²) in [6.45, 7) is 2.76. The van der Waals surface area contributed by atoms with Gasteiger partial charge in [0, 0.05) is 83.8 Å². The largest absolute Gasteiger partial charge is 0.494 e. The molecule has 678 valence electrons. The zero-order valence-electron chi connectivity index (χ0n) is 69.9. The van der Waals surface area contributed by atoms with E-state index in [-0.39, 0.29) is 228 Å². The molecule has 36 nitrogen and oxygen atoms in total. The molecule has 0 bridgehead atoms. The number of amides is 6. The molecule has 12 N–H and O–H groups in total. The van der Waals surface area contributed by atoms with Crippen molar-refractivity contribution in [3.05, 3.63) is 59.7 Å². The highest BCUT2D eigenvalue weighted by Crippen LogP contribution is 2.20. The molecule has 4 atom stereocenters. The Morgan fingerprint density at radius 2 is 0.717 bits per heavy atom. The number of rotatable bonds is 83. The van der Waals surface area contributed by atoms with E-state index in [0.717, 1.165) is 77.0 Å². The van der Waals surface area contributed by atoms with Crippen molar-refractivity contribution < 1.29 is 140 Å². The number of nitrogens with one attached hydrogen (secondary N) is 7. The summed E-state index contributed by atoms with van der Waals surface area (Å²) in [5.74, 6) is -7.44. The molecular formula is C84H133N7O29. The van der Waals surface area contributed by atoms with Crippen molar-refractivity contribution in [2.45, 2.75) is 211 Å². The SMILES string of the molecule is CN[C@@H](CCCCNC(=O)COCCOCCCC(=O)COCCOCCNC(=O)CC[C@H](NC(=O)CCCCCCCCCOc1ccc(C(=O)O)cc1)C(=O)O)C(=O)CC[C@@H](CCCCNC(=O)COCCOCCNC(=O)COCCOCCCC(=O)[C@H](NC(=O)CCCCCCCCCOc1ccc(C(=O)O)cc1)C(=O)O)C(=O)CO. The molecule has 0 radical (unpaired) electrons. The molecule has 0 saturated carbocycles. The van der Waals surface area contributed by atoms with E-state index >= 15 is 0 Å². The Morgan fingerprint density at radius 3 is 1.17 bits per heavy atom. The van der Waals surface area contributed by atoms with Gasteiger partial charge in [-0.3, -0.25) is 47.9 Å². The summed E-state index contributed by atoms with van der Waals surface area (Å²) >= 11 is 0. The van der Waals surface area contributed by atoms with Crippen molar-refractivity contribution in [1.29, 1.82) is 0 Å². The van der Waals surface area contributed by atoms with Gasteiger partial charge in [0.05, 0.1) is 96.5 Å². The number of hydrogen-bond acceptors (Lipinski definition) is 26. The van der Waals surface area contributed by atoms with Crippen molar-refractivity contribution in [1.82, 2.24) is 37.2 Å². The molecule has 120 heavy (non-hydrogen) atoms. The summed E-state index contributed by atoms with van der Waals surface area (Å²) in [6.07, 6.45) is 16.8. The van der Waals surface area contributed by atoms with E-state index in [9.17, 15) is 82.4 Å². The number of hydrogen-bond donors (Lipinski definition) is 12. The molecule has 0 fully saturated rings. The van der Waals surface area contributed by atoms with Crippen molar-refractivity contribution >= 4 is 82.5 Å². The summed E-state index contributed by atoms with van der Waals surface area (Å²) in [4.78, 5) is 170. The van der Waals surface area contributed by atoms with Gasteiger partial charge in [-0.05, 0) is 139 Å². The number of likely N-dealkylation sites (N-methyl/N-ethyl adjacent to an activating group) is 1. The van der Waals surface area contributed by atoms with Gasteiger partial charge in [0.25, 0.3) is 0 Å². The van der Waals surface area contributed by atoms with Gasteiger partial charge in [-0.1, -0.05) is 70.6 Å². The third-order valence-electron chi connectivity index (χ3n) is 18.7. The number of Topliss-reactive ketones (excluding diaryl/α,β-unsaturated/α-hetero) is 4. The molecule has 0 aromatic heterocycles. The number of ether oxygens (including phenoxy) is 10. The second-order valence-corrected chi connectivity index (χ2v) is 28.6. The predicted molar refractivity (Wildman–Crippen MR) is 437 cm³/mol. The topological polar surface area (TPSA) is 517 Å². The summed E-state index contributed by atoms with van der Waals surface area (Å²) in [5, 5.41) is 65.5. The second kappa shape index (κ2) is 71.7. The van der Waals surface area contributed by atoms with Crippen LogP contribution in [0, 0.1) is 5.92 Å². The second-order valence-electron chi connectivity index (χ2n) is 28.6. The molecule has 2 aromatic carbocycles. The van der Waals surface area contributed by atoms with E-state index in [2.05, 4.69) is 37.2 Å². The van der Waals surface area contributed by atoms with Crippen LogP contribution < -0.4 is 46.7 Å². The molecule has 0 aliphatic carbocycles. The number of aromatic carboxylic acids is 2. The van der Waals surface area contributed by atoms with E-state index in [0.29, 0.717) is 102 Å². The molecule has 0 heterocycles. The van der Waals surface area contributed by atoms with Crippen LogP contribution in [0.15, 0.2) is 48.5 Å². The molecule has 2 rings (SSSR count). The highest BCUT2D eigenvalue weighted by atomic mass is 16.5. The standard InChI is InChI=1S/C84H133N7O29/c1-85-69(24-15-17-41-87-78(101)60-116-55-50-111-44-20-23-66(93)59-115-54-52-113-48-42-88-74(97)39-37-70(83(107)108)90-75(98)26-12-8-4-2-6-10-18-46-119-67-33-28-64(29-34-67)81(103)104)71(94)38-32-63(73(96)58-92)22-14-16-40-86-77(100)61-118-57-53-114-49-43-89-79(102)62-117-56-51-112-45-21-25-72(95)80(84(109)110)91-76(99)27-13-9-5-3-7-11-19-47-120-68-35-30-65(31-36-68)82(105)106/h28-31,33-36,63,69-70,80,85,92H,2-27,32,37-62H2,1H3,(H,86,100)(H,87,101)(H,88,97)(H,89,102)(H,90,98)(H,91,99)(H,103,104)(H,105,106)(H,107,108)(H,109,110)/t63-,69+,70+,80+/m1/s1. The number of aliphatic hydroxyl groups excluding tert-OH is 1. The molecule has 6 amide bonds. The van der Waals surface area contributed by atoms with Gasteiger partial charge in [0.15, 0.2) is 23.4 Å². The number of carboxylic acid groups (broad SMARTS) is 4. The molecule has 0 unspecified atom stereocenters. The molecule has 0 aliphatic heterocycles. The fourth-order valence-electron chi connectivity index (χ4n) is 11.9. The van der Waals surface area contributed by atoms with Crippen molar-refractivity contribution in [3.8, 4) is 11.5 Å². The smallest absolute Gasteiger partial charge is 0.335 e. The maximum atomic E-state index is 13.1. The van der Waals surface area contributed by atoms with Crippen LogP contribution in [-0.4, -0.2) is 285 Å². The molecule has 0 saturated heterocycles. The predicted octanol–water partition coefficient (Wildman–Crippen LogP) is 5.45. The Labute approximate surface area is 703 Å². The lowest BCUT2D eigenvalue weighted by Crippen LogP contribution is -2.46. The van der Waals surface area contributed by atoms with E-state index in [1.165, 1.54) is 24.3 Å². The van der Waals surface area contributed by atoms with Crippen LogP contribution in [-0.2, 0) is 95.4 Å². The van der Waals surface area contributed by atoms with E-state index < -0.39 is 66.2 Å². The number of aliphatic carboxylic acids is 2. The Balaban J connectivity index is 1.36. The van der Waals surface area contributed by atoms with Crippen molar-refractivity contribution in [3.63, 3.8) is 0 Å². The number of carboxylic acids is 4. The number of aliphatic hydroxyl groups is 1. The first-order valence-electron chi connectivity index (χ1n) is 42.1. The van der Waals surface area contributed by atoms with Crippen molar-refractivity contribution in [2.75, 3.05) is 159 Å². The minimum Gasteiger partial charge on any atom is -0.494 e. The minimum atomic E-state index is -1.65. The third-order valence-corrected chi connectivity index (χ3v) is 18.7. The highest BCUT2D eigenvalue weighted by Gasteiger charge is 2.28. The van der Waals surface area contributed by atoms with Gasteiger partial charge >= 0.3 is 23.9 Å². The Kier molecular flexibility index (Phi) is 64.0. The van der Waals surface area contributed by atoms with Crippen LogP contribution in [0.2, 0.25) is 0 Å². The van der Waals surface area contributed by atoms with Crippen LogP contribution in [0.5, 0.6) is 11.5 Å². The first-order valence-corrected chi connectivity index (χ1v) is 42.1. The third kappa shape index (κ3) is 58.9. The highest BCUT2D eigenvalue weighted by molar-refractivity contribution is 6.05. The van der Waals surface area contributed by atoms with Crippen molar-refractivity contribution in [2.24, 2.45) is 5.92 Å². The quantitative estimate of drug-likeness (QED) is 0.0289. The molecular weight excluding hydrogens is 1570 g/mol. The summed E-state index contributed by atoms with van der Waals surface area (Å²) in [6, 6.07) is 9.20. The van der Waals surface area contributed by atoms with E-state index in [1.807, 2.05) is 0 Å². The summed E-state index contributed by atoms with van der Waals surface area (Å²) < 4.78 is 54.6. The van der Waals surface area contributed by atoms with E-state index in [1.54, 1.807) is 31.3 Å². The fraction of sp³-hybridized carbons (Fsp3) is 0.690. The molecule has 0 spiro atoms.